The van der Waals surface area contributed by atoms with Crippen LogP contribution in [0, 0.1) is 6.92 Å². The Labute approximate surface area is 203 Å². The van der Waals surface area contributed by atoms with E-state index in [1.807, 2.05) is 67.3 Å². The van der Waals surface area contributed by atoms with Crippen LogP contribution in [0.2, 0.25) is 0 Å². The summed E-state index contributed by atoms with van der Waals surface area (Å²) >= 11 is 0. The Bertz CT molecular complexity index is 1310. The SMILES string of the molecule is CCOc1ccc(-n2nnc3c(N4CCN(C(=O)COc5cccc(C)c5)CC4)ncnc32)cc1. The van der Waals surface area contributed by atoms with Crippen molar-refractivity contribution in [3.8, 4) is 17.2 Å². The van der Waals surface area contributed by atoms with E-state index in [4.69, 9.17) is 9.47 Å². The molecule has 4 aromatic rings. The summed E-state index contributed by atoms with van der Waals surface area (Å²) in [6.45, 7) is 7.01. The molecule has 10 nitrogen and oxygen atoms in total. The molecule has 0 bridgehead atoms. The summed E-state index contributed by atoms with van der Waals surface area (Å²) in [5.41, 5.74) is 3.19. The fraction of sp³-hybridized carbons (Fsp3) is 0.320. The number of hydrogen-bond donors (Lipinski definition) is 0. The lowest BCUT2D eigenvalue weighted by Crippen LogP contribution is -2.50. The van der Waals surface area contributed by atoms with Gasteiger partial charge in [-0.05, 0) is 55.8 Å². The molecule has 1 saturated heterocycles. The van der Waals surface area contributed by atoms with Gasteiger partial charge in [0.05, 0.1) is 12.3 Å². The molecule has 0 atom stereocenters. The van der Waals surface area contributed by atoms with Gasteiger partial charge in [-0.15, -0.1) is 5.10 Å². The van der Waals surface area contributed by atoms with E-state index in [0.29, 0.717) is 49.7 Å². The molecule has 0 aliphatic carbocycles. The fourth-order valence-electron chi connectivity index (χ4n) is 4.10. The van der Waals surface area contributed by atoms with Gasteiger partial charge in [0.15, 0.2) is 23.6 Å². The number of anilines is 1. The number of aromatic nitrogens is 5. The van der Waals surface area contributed by atoms with Gasteiger partial charge in [-0.3, -0.25) is 4.79 Å². The van der Waals surface area contributed by atoms with Gasteiger partial charge in [0, 0.05) is 26.2 Å². The van der Waals surface area contributed by atoms with Gasteiger partial charge in [-0.1, -0.05) is 17.3 Å². The minimum Gasteiger partial charge on any atom is -0.494 e. The second kappa shape index (κ2) is 9.96. The van der Waals surface area contributed by atoms with Gasteiger partial charge in [0.1, 0.15) is 17.8 Å². The maximum Gasteiger partial charge on any atom is 0.260 e. The maximum absolute atomic E-state index is 12.7. The van der Waals surface area contributed by atoms with Gasteiger partial charge < -0.3 is 19.3 Å². The van der Waals surface area contributed by atoms with Crippen molar-refractivity contribution in [1.82, 2.24) is 29.9 Å². The quantitative estimate of drug-likeness (QED) is 0.404. The van der Waals surface area contributed by atoms with Crippen LogP contribution in [0.15, 0.2) is 54.9 Å². The van der Waals surface area contributed by atoms with E-state index in [9.17, 15) is 4.79 Å². The summed E-state index contributed by atoms with van der Waals surface area (Å²) < 4.78 is 12.9. The van der Waals surface area contributed by atoms with Crippen LogP contribution >= 0.6 is 0 Å². The predicted octanol–water partition coefficient (Wildman–Crippen LogP) is 2.65. The molecular formula is C25H27N7O3. The van der Waals surface area contributed by atoms with E-state index in [-0.39, 0.29) is 12.5 Å². The van der Waals surface area contributed by atoms with Gasteiger partial charge in [0.2, 0.25) is 0 Å². The molecule has 3 heterocycles. The minimum absolute atomic E-state index is 0.0254. The molecular weight excluding hydrogens is 446 g/mol. The molecule has 5 rings (SSSR count). The number of aryl methyl sites for hydroxylation is 1. The van der Waals surface area contributed by atoms with E-state index >= 15 is 0 Å². The molecule has 0 radical (unpaired) electrons. The largest absolute Gasteiger partial charge is 0.494 e. The monoisotopic (exact) mass is 473 g/mol. The number of rotatable bonds is 7. The van der Waals surface area contributed by atoms with Crippen LogP contribution in [0.4, 0.5) is 5.82 Å². The molecule has 2 aromatic carbocycles. The summed E-state index contributed by atoms with van der Waals surface area (Å²) in [4.78, 5) is 25.5. The van der Waals surface area contributed by atoms with Crippen molar-refractivity contribution >= 4 is 22.9 Å². The van der Waals surface area contributed by atoms with Gasteiger partial charge in [0.25, 0.3) is 5.91 Å². The standard InChI is InChI=1S/C25H27N7O3/c1-3-34-20-9-7-19(8-10-20)32-25-23(28-29-32)24(26-17-27-25)31-13-11-30(12-14-31)22(33)16-35-21-6-4-5-18(2)15-21/h4-10,15,17H,3,11-14,16H2,1-2H3. The van der Waals surface area contributed by atoms with Gasteiger partial charge in [-0.2, -0.15) is 4.68 Å². The van der Waals surface area contributed by atoms with Crippen molar-refractivity contribution in [3.05, 3.63) is 60.4 Å². The first-order chi connectivity index (χ1) is 17.1. The molecule has 2 aromatic heterocycles. The lowest BCUT2D eigenvalue weighted by atomic mass is 10.2. The van der Waals surface area contributed by atoms with Gasteiger partial charge >= 0.3 is 0 Å². The second-order valence-electron chi connectivity index (χ2n) is 8.27. The summed E-state index contributed by atoms with van der Waals surface area (Å²) in [5, 5.41) is 8.68. The normalized spacial score (nSPS) is 13.8. The fourth-order valence-corrected chi connectivity index (χ4v) is 4.10. The number of benzene rings is 2. The first-order valence-electron chi connectivity index (χ1n) is 11.6. The number of fused-ring (bicyclic) bond motifs is 1. The summed E-state index contributed by atoms with van der Waals surface area (Å²) in [5.74, 6) is 2.19. The summed E-state index contributed by atoms with van der Waals surface area (Å²) in [7, 11) is 0. The molecule has 35 heavy (non-hydrogen) atoms. The highest BCUT2D eigenvalue weighted by Crippen LogP contribution is 2.24. The van der Waals surface area contributed by atoms with Crippen LogP contribution in [0.25, 0.3) is 16.9 Å². The van der Waals surface area contributed by atoms with Gasteiger partial charge in [-0.25, -0.2) is 9.97 Å². The Morgan fingerprint density at radius 1 is 0.971 bits per heavy atom. The average Bonchev–Trinajstić information content (AvgIpc) is 3.32. The summed E-state index contributed by atoms with van der Waals surface area (Å²) in [6, 6.07) is 15.3. The van der Waals surface area contributed by atoms with Crippen LogP contribution in [0.3, 0.4) is 0 Å². The highest BCUT2D eigenvalue weighted by Gasteiger charge is 2.25. The second-order valence-corrected chi connectivity index (χ2v) is 8.27. The maximum atomic E-state index is 12.7. The van der Waals surface area contributed by atoms with E-state index in [1.54, 1.807) is 4.68 Å². The van der Waals surface area contributed by atoms with Crippen molar-refractivity contribution in [2.75, 3.05) is 44.3 Å². The van der Waals surface area contributed by atoms with Crippen LogP contribution in [-0.4, -0.2) is 75.2 Å². The molecule has 1 amide bonds. The third kappa shape index (κ3) is 4.86. The molecule has 1 fully saturated rings. The molecule has 1 aliphatic heterocycles. The smallest absolute Gasteiger partial charge is 0.260 e. The Morgan fingerprint density at radius 2 is 1.77 bits per heavy atom. The molecule has 180 valence electrons. The average molecular weight is 474 g/mol. The van der Waals surface area contributed by atoms with E-state index in [2.05, 4.69) is 25.2 Å². The van der Waals surface area contributed by atoms with Crippen molar-refractivity contribution in [2.45, 2.75) is 13.8 Å². The lowest BCUT2D eigenvalue weighted by molar-refractivity contribution is -0.133. The zero-order valence-electron chi connectivity index (χ0n) is 19.8. The Hall–Kier alpha value is -4.21. The zero-order chi connectivity index (χ0) is 24.2. The highest BCUT2D eigenvalue weighted by atomic mass is 16.5. The highest BCUT2D eigenvalue weighted by molar-refractivity contribution is 5.84. The number of piperazine rings is 1. The summed E-state index contributed by atoms with van der Waals surface area (Å²) in [6.07, 6.45) is 1.53. The number of carbonyl (C=O) groups is 1. The molecule has 0 spiro atoms. The molecule has 0 N–H and O–H groups in total. The minimum atomic E-state index is -0.0274. The number of carbonyl (C=O) groups excluding carboxylic acids is 1. The first-order valence-corrected chi connectivity index (χ1v) is 11.6. The number of hydrogen-bond acceptors (Lipinski definition) is 8. The molecule has 10 heteroatoms. The zero-order valence-corrected chi connectivity index (χ0v) is 19.8. The van der Waals surface area contributed by atoms with Crippen LogP contribution in [0.5, 0.6) is 11.5 Å². The molecule has 0 saturated carbocycles. The Kier molecular flexibility index (Phi) is 6.42. The molecule has 1 aliphatic rings. The molecule has 0 unspecified atom stereocenters. The van der Waals surface area contributed by atoms with Crippen molar-refractivity contribution < 1.29 is 14.3 Å². The Balaban J connectivity index is 1.25. The van der Waals surface area contributed by atoms with Crippen molar-refractivity contribution in [3.63, 3.8) is 0 Å². The Morgan fingerprint density at radius 3 is 2.51 bits per heavy atom. The number of ether oxygens (including phenoxy) is 2. The van der Waals surface area contributed by atoms with E-state index < -0.39 is 0 Å². The topological polar surface area (TPSA) is 98.5 Å². The lowest BCUT2D eigenvalue weighted by Gasteiger charge is -2.35. The number of amides is 1. The third-order valence-corrected chi connectivity index (χ3v) is 5.89. The predicted molar refractivity (Wildman–Crippen MR) is 131 cm³/mol. The van der Waals surface area contributed by atoms with E-state index in [1.165, 1.54) is 6.33 Å². The van der Waals surface area contributed by atoms with Crippen LogP contribution in [-0.2, 0) is 4.79 Å². The van der Waals surface area contributed by atoms with Crippen molar-refractivity contribution in [1.29, 1.82) is 0 Å². The van der Waals surface area contributed by atoms with Crippen LogP contribution in [0.1, 0.15) is 12.5 Å². The van der Waals surface area contributed by atoms with Crippen LogP contribution < -0.4 is 14.4 Å². The third-order valence-electron chi connectivity index (χ3n) is 5.89. The van der Waals surface area contributed by atoms with Crippen molar-refractivity contribution in [2.24, 2.45) is 0 Å². The number of nitrogens with zero attached hydrogens (tertiary/aromatic N) is 7. The first kappa shape index (κ1) is 22.6. The van der Waals surface area contributed by atoms with E-state index in [0.717, 1.165) is 22.8 Å².